The molecule has 0 aliphatic rings. The number of carbonyl (C=O) groups is 1. The van der Waals surface area contributed by atoms with Crippen molar-refractivity contribution >= 4 is 11.9 Å². The summed E-state index contributed by atoms with van der Waals surface area (Å²) in [5.74, 6) is 1.32. The summed E-state index contributed by atoms with van der Waals surface area (Å²) < 4.78 is 7.16. The molecule has 1 amide bonds. The first kappa shape index (κ1) is 15.9. The molecule has 1 heterocycles. The van der Waals surface area contributed by atoms with Crippen molar-refractivity contribution in [2.24, 2.45) is 5.92 Å². The van der Waals surface area contributed by atoms with Gasteiger partial charge in [0.25, 0.3) is 5.91 Å². The second kappa shape index (κ2) is 7.53. The number of carbonyl (C=O) groups excluding carboxylic acids is 1. The average molecular weight is 303 g/mol. The Morgan fingerprint density at radius 3 is 2.68 bits per heavy atom. The van der Waals surface area contributed by atoms with Crippen LogP contribution in [0.5, 0.6) is 5.75 Å². The maximum absolute atomic E-state index is 12.2. The number of nitrogens with zero attached hydrogens (tertiary/aromatic N) is 4. The van der Waals surface area contributed by atoms with E-state index in [-0.39, 0.29) is 5.91 Å². The maximum atomic E-state index is 12.2. The quantitative estimate of drug-likeness (QED) is 0.849. The predicted octanol–water partition coefficient (Wildman–Crippen LogP) is 2.37. The minimum absolute atomic E-state index is 0.248. The molecular weight excluding hydrogens is 282 g/mol. The number of benzene rings is 1. The second-order valence-electron chi connectivity index (χ2n) is 5.41. The number of ether oxygens (including phenoxy) is 1. The summed E-state index contributed by atoms with van der Waals surface area (Å²) in [6.45, 7) is 7.50. The normalized spacial score (nSPS) is 10.7. The van der Waals surface area contributed by atoms with Gasteiger partial charge in [0.1, 0.15) is 5.75 Å². The molecule has 0 radical (unpaired) electrons. The van der Waals surface area contributed by atoms with E-state index in [1.165, 1.54) is 0 Å². The fraction of sp³-hybridized carbons (Fsp3) is 0.467. The number of nitrogens with one attached hydrogen (secondary N) is 1. The summed E-state index contributed by atoms with van der Waals surface area (Å²) in [7, 11) is 0. The zero-order chi connectivity index (χ0) is 15.9. The monoisotopic (exact) mass is 303 g/mol. The van der Waals surface area contributed by atoms with Crippen molar-refractivity contribution < 1.29 is 9.53 Å². The molecule has 0 spiro atoms. The molecule has 1 aromatic heterocycles. The van der Waals surface area contributed by atoms with Crippen LogP contribution in [0, 0.1) is 5.92 Å². The molecule has 118 valence electrons. The van der Waals surface area contributed by atoms with Crippen LogP contribution in [0.2, 0.25) is 0 Å². The highest BCUT2D eigenvalue weighted by Gasteiger charge is 2.11. The Morgan fingerprint density at radius 1 is 1.32 bits per heavy atom. The molecule has 22 heavy (non-hydrogen) atoms. The zero-order valence-electron chi connectivity index (χ0n) is 13.1. The highest BCUT2D eigenvalue weighted by Crippen LogP contribution is 2.14. The lowest BCUT2D eigenvalue weighted by Gasteiger charge is -2.09. The number of amides is 1. The van der Waals surface area contributed by atoms with Crippen LogP contribution in [0.4, 0.5) is 5.95 Å². The Balaban J connectivity index is 1.99. The number of aryl methyl sites for hydroxylation is 1. The molecule has 0 saturated heterocycles. The van der Waals surface area contributed by atoms with Gasteiger partial charge in [0.2, 0.25) is 5.95 Å². The standard InChI is InChI=1S/C15H21N5O2/c1-4-9-20-15(17-18-19-20)16-14(21)12-5-7-13(8-6-12)22-10-11(2)3/h5-8,11H,4,9-10H2,1-3H3,(H,16,17,19,21). The van der Waals surface area contributed by atoms with E-state index in [1.807, 2.05) is 6.92 Å². The smallest absolute Gasteiger partial charge is 0.258 e. The molecule has 0 atom stereocenters. The summed E-state index contributed by atoms with van der Waals surface area (Å²) >= 11 is 0. The molecule has 0 aliphatic carbocycles. The van der Waals surface area contributed by atoms with E-state index in [4.69, 9.17) is 4.74 Å². The average Bonchev–Trinajstić information content (AvgIpc) is 2.93. The van der Waals surface area contributed by atoms with Crippen molar-refractivity contribution in [3.05, 3.63) is 29.8 Å². The van der Waals surface area contributed by atoms with Crippen LogP contribution in [-0.4, -0.2) is 32.7 Å². The molecule has 1 N–H and O–H groups in total. The Bertz CT molecular complexity index is 607. The van der Waals surface area contributed by atoms with Gasteiger partial charge in [-0.3, -0.25) is 10.1 Å². The Kier molecular flexibility index (Phi) is 5.46. The van der Waals surface area contributed by atoms with Crippen LogP contribution < -0.4 is 10.1 Å². The minimum Gasteiger partial charge on any atom is -0.493 e. The van der Waals surface area contributed by atoms with E-state index >= 15 is 0 Å². The molecule has 7 heteroatoms. The Labute approximate surface area is 129 Å². The molecule has 0 unspecified atom stereocenters. The maximum Gasteiger partial charge on any atom is 0.258 e. The van der Waals surface area contributed by atoms with Crippen molar-refractivity contribution in [1.82, 2.24) is 20.2 Å². The van der Waals surface area contributed by atoms with E-state index in [0.29, 0.717) is 30.6 Å². The first-order valence-electron chi connectivity index (χ1n) is 7.40. The molecule has 1 aromatic carbocycles. The van der Waals surface area contributed by atoms with Crippen LogP contribution in [0.15, 0.2) is 24.3 Å². The fourth-order valence-electron chi connectivity index (χ4n) is 1.80. The van der Waals surface area contributed by atoms with Crippen molar-refractivity contribution in [3.8, 4) is 5.75 Å². The van der Waals surface area contributed by atoms with Gasteiger partial charge >= 0.3 is 0 Å². The predicted molar refractivity (Wildman–Crippen MR) is 82.8 cm³/mol. The van der Waals surface area contributed by atoms with Gasteiger partial charge in [0.15, 0.2) is 0 Å². The van der Waals surface area contributed by atoms with Gasteiger partial charge in [-0.25, -0.2) is 4.68 Å². The van der Waals surface area contributed by atoms with Gasteiger partial charge in [-0.1, -0.05) is 25.9 Å². The fourth-order valence-corrected chi connectivity index (χ4v) is 1.80. The molecule has 0 aliphatic heterocycles. The second-order valence-corrected chi connectivity index (χ2v) is 5.41. The largest absolute Gasteiger partial charge is 0.493 e. The molecule has 0 bridgehead atoms. The molecule has 0 saturated carbocycles. The summed E-state index contributed by atoms with van der Waals surface area (Å²) in [5.41, 5.74) is 0.531. The van der Waals surface area contributed by atoms with E-state index in [2.05, 4.69) is 34.7 Å². The number of anilines is 1. The highest BCUT2D eigenvalue weighted by atomic mass is 16.5. The topological polar surface area (TPSA) is 81.9 Å². The Morgan fingerprint density at radius 2 is 2.05 bits per heavy atom. The van der Waals surface area contributed by atoms with Gasteiger partial charge in [-0.15, -0.1) is 0 Å². The van der Waals surface area contributed by atoms with Crippen LogP contribution in [0.25, 0.3) is 0 Å². The number of rotatable bonds is 7. The van der Waals surface area contributed by atoms with Crippen LogP contribution in [-0.2, 0) is 6.54 Å². The van der Waals surface area contributed by atoms with Crippen LogP contribution in [0.1, 0.15) is 37.6 Å². The van der Waals surface area contributed by atoms with Crippen LogP contribution in [0.3, 0.4) is 0 Å². The van der Waals surface area contributed by atoms with Crippen molar-refractivity contribution in [2.45, 2.75) is 33.7 Å². The number of hydrogen-bond acceptors (Lipinski definition) is 5. The highest BCUT2D eigenvalue weighted by molar-refractivity contribution is 6.03. The molecular formula is C15H21N5O2. The molecule has 7 nitrogen and oxygen atoms in total. The summed E-state index contributed by atoms with van der Waals surface area (Å²) in [4.78, 5) is 12.2. The van der Waals surface area contributed by atoms with Gasteiger partial charge in [0, 0.05) is 12.1 Å². The first-order chi connectivity index (χ1) is 10.6. The van der Waals surface area contributed by atoms with Gasteiger partial charge in [-0.05, 0) is 47.0 Å². The van der Waals surface area contributed by atoms with E-state index in [1.54, 1.807) is 28.9 Å². The molecule has 0 fully saturated rings. The molecule has 2 aromatic rings. The van der Waals surface area contributed by atoms with Gasteiger partial charge < -0.3 is 4.74 Å². The third-order valence-corrected chi connectivity index (χ3v) is 2.89. The van der Waals surface area contributed by atoms with Crippen molar-refractivity contribution in [1.29, 1.82) is 0 Å². The van der Waals surface area contributed by atoms with Gasteiger partial charge in [0.05, 0.1) is 6.61 Å². The summed E-state index contributed by atoms with van der Waals surface area (Å²) in [6, 6.07) is 7.01. The summed E-state index contributed by atoms with van der Waals surface area (Å²) in [5, 5.41) is 13.9. The lowest BCUT2D eigenvalue weighted by Crippen LogP contribution is -2.16. The number of hydrogen-bond donors (Lipinski definition) is 1. The lowest BCUT2D eigenvalue weighted by molar-refractivity contribution is 0.102. The lowest BCUT2D eigenvalue weighted by atomic mass is 10.2. The van der Waals surface area contributed by atoms with Crippen molar-refractivity contribution in [2.75, 3.05) is 11.9 Å². The molecule has 2 rings (SSSR count). The van der Waals surface area contributed by atoms with Gasteiger partial charge in [-0.2, -0.15) is 0 Å². The Hall–Kier alpha value is -2.44. The third kappa shape index (κ3) is 4.28. The first-order valence-corrected chi connectivity index (χ1v) is 7.40. The van der Waals surface area contributed by atoms with E-state index < -0.39 is 0 Å². The van der Waals surface area contributed by atoms with Crippen LogP contribution >= 0.6 is 0 Å². The van der Waals surface area contributed by atoms with E-state index in [0.717, 1.165) is 12.2 Å². The number of tetrazole rings is 1. The third-order valence-electron chi connectivity index (χ3n) is 2.89. The van der Waals surface area contributed by atoms with E-state index in [9.17, 15) is 4.79 Å². The number of aromatic nitrogens is 4. The summed E-state index contributed by atoms with van der Waals surface area (Å²) in [6.07, 6.45) is 0.885. The minimum atomic E-state index is -0.248. The van der Waals surface area contributed by atoms with Crippen molar-refractivity contribution in [3.63, 3.8) is 0 Å². The zero-order valence-corrected chi connectivity index (χ0v) is 13.1. The SMILES string of the molecule is CCCn1nnnc1NC(=O)c1ccc(OCC(C)C)cc1.